The first-order valence-electron chi connectivity index (χ1n) is 4.76. The molecule has 1 aromatic rings. The molecule has 78 valence electrons. The van der Waals surface area contributed by atoms with Crippen molar-refractivity contribution >= 4 is 0 Å². The number of rotatable bonds is 3. The van der Waals surface area contributed by atoms with Gasteiger partial charge in [0.2, 0.25) is 5.88 Å². The minimum atomic E-state index is 0.112. The number of ether oxygens (including phenoxy) is 1. The summed E-state index contributed by atoms with van der Waals surface area (Å²) in [7, 11) is 1.64. The van der Waals surface area contributed by atoms with E-state index in [-0.39, 0.29) is 5.54 Å². The van der Waals surface area contributed by atoms with Crippen LogP contribution in [-0.4, -0.2) is 17.6 Å². The highest BCUT2D eigenvalue weighted by Crippen LogP contribution is 2.14. The summed E-state index contributed by atoms with van der Waals surface area (Å²) < 4.78 is 5.16. The van der Waals surface area contributed by atoms with Crippen molar-refractivity contribution in [3.63, 3.8) is 0 Å². The van der Waals surface area contributed by atoms with Gasteiger partial charge in [-0.3, -0.25) is 0 Å². The minimum absolute atomic E-state index is 0.112. The first-order chi connectivity index (χ1) is 6.53. The lowest BCUT2D eigenvalue weighted by atomic mass is 10.1. The van der Waals surface area contributed by atoms with Crippen molar-refractivity contribution in [3.05, 3.63) is 23.9 Å². The zero-order valence-corrected chi connectivity index (χ0v) is 9.29. The van der Waals surface area contributed by atoms with Gasteiger partial charge in [0.1, 0.15) is 0 Å². The Kier molecular flexibility index (Phi) is 3.47. The van der Waals surface area contributed by atoms with E-state index in [4.69, 9.17) is 4.74 Å². The summed E-state index contributed by atoms with van der Waals surface area (Å²) in [6.07, 6.45) is 1.74. The zero-order valence-electron chi connectivity index (χ0n) is 9.29. The van der Waals surface area contributed by atoms with Crippen molar-refractivity contribution in [2.45, 2.75) is 32.9 Å². The first-order valence-corrected chi connectivity index (χ1v) is 4.76. The summed E-state index contributed by atoms with van der Waals surface area (Å²) in [5.74, 6) is 0.698. The van der Waals surface area contributed by atoms with E-state index in [2.05, 4.69) is 31.1 Å². The van der Waals surface area contributed by atoms with Gasteiger partial charge in [-0.15, -0.1) is 0 Å². The van der Waals surface area contributed by atoms with Gasteiger partial charge in [-0.05, 0) is 26.8 Å². The third kappa shape index (κ3) is 3.34. The van der Waals surface area contributed by atoms with Crippen LogP contribution in [0.15, 0.2) is 18.3 Å². The van der Waals surface area contributed by atoms with Gasteiger partial charge in [0.15, 0.2) is 0 Å². The summed E-state index contributed by atoms with van der Waals surface area (Å²) in [5, 5.41) is 3.39. The average molecular weight is 194 g/mol. The molecule has 0 aliphatic heterocycles. The third-order valence-corrected chi connectivity index (χ3v) is 1.85. The molecule has 1 heterocycles. The van der Waals surface area contributed by atoms with Crippen LogP contribution >= 0.6 is 0 Å². The molecule has 0 unspecified atom stereocenters. The lowest BCUT2D eigenvalue weighted by Gasteiger charge is -2.20. The molecule has 0 radical (unpaired) electrons. The molecular weight excluding hydrogens is 176 g/mol. The molecule has 14 heavy (non-hydrogen) atoms. The molecule has 0 fully saturated rings. The second-order valence-corrected chi connectivity index (χ2v) is 4.28. The molecule has 1 rings (SSSR count). The van der Waals surface area contributed by atoms with E-state index in [0.29, 0.717) is 5.88 Å². The van der Waals surface area contributed by atoms with Gasteiger partial charge in [0, 0.05) is 23.8 Å². The van der Waals surface area contributed by atoms with Crippen LogP contribution in [0.5, 0.6) is 5.88 Å². The molecule has 0 aromatic carbocycles. The van der Waals surface area contributed by atoms with Crippen molar-refractivity contribution in [3.8, 4) is 5.88 Å². The topological polar surface area (TPSA) is 34.1 Å². The molecule has 1 aromatic heterocycles. The molecule has 0 spiro atoms. The number of aromatic nitrogens is 1. The molecule has 0 aliphatic rings. The highest BCUT2D eigenvalue weighted by molar-refractivity contribution is 5.25. The van der Waals surface area contributed by atoms with Crippen LogP contribution in [0.25, 0.3) is 0 Å². The number of nitrogens with zero attached hydrogens (tertiary/aromatic N) is 1. The highest BCUT2D eigenvalue weighted by Gasteiger charge is 2.10. The predicted octanol–water partition coefficient (Wildman–Crippen LogP) is 1.98. The Bertz CT molecular complexity index is 292. The van der Waals surface area contributed by atoms with Crippen LogP contribution in [0.2, 0.25) is 0 Å². The standard InChI is InChI=1S/C11H18N2O/c1-11(2,3)13-8-9-6-5-7-12-10(9)14-4/h5-7,13H,8H2,1-4H3. The van der Waals surface area contributed by atoms with Gasteiger partial charge in [-0.1, -0.05) is 6.07 Å². The van der Waals surface area contributed by atoms with E-state index >= 15 is 0 Å². The minimum Gasteiger partial charge on any atom is -0.481 e. The van der Waals surface area contributed by atoms with Crippen molar-refractivity contribution < 1.29 is 4.74 Å². The first kappa shape index (κ1) is 11.0. The summed E-state index contributed by atoms with van der Waals surface area (Å²) in [4.78, 5) is 4.14. The van der Waals surface area contributed by atoms with Crippen LogP contribution in [0.4, 0.5) is 0 Å². The van der Waals surface area contributed by atoms with Gasteiger partial charge in [-0.2, -0.15) is 0 Å². The third-order valence-electron chi connectivity index (χ3n) is 1.85. The maximum absolute atomic E-state index is 5.16. The van der Waals surface area contributed by atoms with Gasteiger partial charge in [-0.25, -0.2) is 4.98 Å². The molecule has 0 saturated heterocycles. The fraction of sp³-hybridized carbons (Fsp3) is 0.545. The Morgan fingerprint density at radius 3 is 2.71 bits per heavy atom. The van der Waals surface area contributed by atoms with Crippen LogP contribution in [0.3, 0.4) is 0 Å². The molecule has 0 atom stereocenters. The SMILES string of the molecule is COc1ncccc1CNC(C)(C)C. The second-order valence-electron chi connectivity index (χ2n) is 4.28. The maximum Gasteiger partial charge on any atom is 0.217 e. The van der Waals surface area contributed by atoms with Gasteiger partial charge < -0.3 is 10.1 Å². The monoisotopic (exact) mass is 194 g/mol. The smallest absolute Gasteiger partial charge is 0.217 e. The number of pyridine rings is 1. The summed E-state index contributed by atoms with van der Waals surface area (Å²) in [5.41, 5.74) is 1.20. The fourth-order valence-electron chi connectivity index (χ4n) is 1.10. The summed E-state index contributed by atoms with van der Waals surface area (Å²) in [6, 6.07) is 3.94. The average Bonchev–Trinajstić information content (AvgIpc) is 2.14. The molecule has 3 heteroatoms. The van der Waals surface area contributed by atoms with Crippen molar-refractivity contribution in [2.75, 3.05) is 7.11 Å². The number of methoxy groups -OCH3 is 1. The molecule has 0 aliphatic carbocycles. The number of nitrogens with one attached hydrogen (secondary N) is 1. The summed E-state index contributed by atoms with van der Waals surface area (Å²) in [6.45, 7) is 7.18. The molecule has 1 N–H and O–H groups in total. The van der Waals surface area contributed by atoms with Crippen LogP contribution in [0, 0.1) is 0 Å². The molecular formula is C11H18N2O. The van der Waals surface area contributed by atoms with E-state index in [9.17, 15) is 0 Å². The molecule has 0 saturated carbocycles. The quantitative estimate of drug-likeness (QED) is 0.799. The van der Waals surface area contributed by atoms with E-state index in [1.807, 2.05) is 12.1 Å². The normalized spacial score (nSPS) is 11.4. The van der Waals surface area contributed by atoms with Crippen LogP contribution < -0.4 is 10.1 Å². The van der Waals surface area contributed by atoms with Crippen LogP contribution in [0.1, 0.15) is 26.3 Å². The number of hydrogen-bond acceptors (Lipinski definition) is 3. The van der Waals surface area contributed by atoms with Crippen molar-refractivity contribution in [1.82, 2.24) is 10.3 Å². The molecule has 3 nitrogen and oxygen atoms in total. The second kappa shape index (κ2) is 4.42. The Hall–Kier alpha value is -1.09. The highest BCUT2D eigenvalue weighted by atomic mass is 16.5. The Labute approximate surface area is 85.5 Å². The largest absolute Gasteiger partial charge is 0.481 e. The Balaban J connectivity index is 2.67. The van der Waals surface area contributed by atoms with Gasteiger partial charge in [0.25, 0.3) is 0 Å². The van der Waals surface area contributed by atoms with Gasteiger partial charge in [0.05, 0.1) is 7.11 Å². The van der Waals surface area contributed by atoms with Gasteiger partial charge >= 0.3 is 0 Å². The van der Waals surface area contributed by atoms with Crippen LogP contribution in [-0.2, 0) is 6.54 Å². The lowest BCUT2D eigenvalue weighted by molar-refractivity contribution is 0.379. The zero-order chi connectivity index (χ0) is 10.6. The fourth-order valence-corrected chi connectivity index (χ4v) is 1.10. The van der Waals surface area contributed by atoms with E-state index in [1.54, 1.807) is 13.3 Å². The number of hydrogen-bond donors (Lipinski definition) is 1. The van der Waals surface area contributed by atoms with E-state index < -0.39 is 0 Å². The van der Waals surface area contributed by atoms with E-state index in [0.717, 1.165) is 12.1 Å². The van der Waals surface area contributed by atoms with E-state index in [1.165, 1.54) is 0 Å². The Morgan fingerprint density at radius 2 is 2.14 bits per heavy atom. The molecule has 0 amide bonds. The van der Waals surface area contributed by atoms with Crippen molar-refractivity contribution in [1.29, 1.82) is 0 Å². The summed E-state index contributed by atoms with van der Waals surface area (Å²) >= 11 is 0. The maximum atomic E-state index is 5.16. The molecule has 0 bridgehead atoms. The van der Waals surface area contributed by atoms with Crippen molar-refractivity contribution in [2.24, 2.45) is 0 Å². The lowest BCUT2D eigenvalue weighted by Crippen LogP contribution is -2.35. The predicted molar refractivity (Wildman–Crippen MR) is 57.4 cm³/mol. The Morgan fingerprint density at radius 1 is 1.43 bits per heavy atom.